The van der Waals surface area contributed by atoms with Crippen molar-refractivity contribution in [3.05, 3.63) is 30.1 Å². The summed E-state index contributed by atoms with van der Waals surface area (Å²) in [5, 5.41) is 3.04. The molecule has 0 saturated carbocycles. The Bertz CT molecular complexity index is 479. The highest BCUT2D eigenvalue weighted by atomic mass is 16.2. The molecule has 1 fully saturated rings. The second kappa shape index (κ2) is 8.87. The lowest BCUT2D eigenvalue weighted by molar-refractivity contribution is 0.142. The summed E-state index contributed by atoms with van der Waals surface area (Å²) < 4.78 is 0. The summed E-state index contributed by atoms with van der Waals surface area (Å²) in [6, 6.07) is 6.41. The molecule has 0 radical (unpaired) electrons. The minimum Gasteiger partial charge on any atom is -0.337 e. The quantitative estimate of drug-likeness (QED) is 0.877. The monoisotopic (exact) mass is 318 g/mol. The Morgan fingerprint density at radius 3 is 3.00 bits per heavy atom. The second-order valence-corrected chi connectivity index (χ2v) is 6.37. The smallest absolute Gasteiger partial charge is 0.317 e. The summed E-state index contributed by atoms with van der Waals surface area (Å²) in [5.41, 5.74) is 0.909. The van der Waals surface area contributed by atoms with Gasteiger partial charge in [0, 0.05) is 32.4 Å². The van der Waals surface area contributed by atoms with E-state index < -0.39 is 0 Å². The van der Waals surface area contributed by atoms with Gasteiger partial charge in [0.25, 0.3) is 0 Å². The molecule has 23 heavy (non-hydrogen) atoms. The SMILES string of the molecule is CC[C@H]1CCCCN1CCNC(=O)N(C)[C@H](C)c1ccccn1. The van der Waals surface area contributed by atoms with E-state index in [1.165, 1.54) is 25.7 Å². The molecular formula is C18H30N4O. The van der Waals surface area contributed by atoms with Gasteiger partial charge in [-0.2, -0.15) is 0 Å². The zero-order valence-corrected chi connectivity index (χ0v) is 14.7. The Balaban J connectivity index is 1.77. The lowest BCUT2D eigenvalue weighted by Crippen LogP contribution is -2.46. The van der Waals surface area contributed by atoms with Gasteiger partial charge in [0.05, 0.1) is 11.7 Å². The number of carbonyl (C=O) groups excluding carboxylic acids is 1. The minimum absolute atomic E-state index is 0.0328. The molecule has 2 rings (SSSR count). The molecule has 1 aromatic rings. The third kappa shape index (κ3) is 4.93. The highest BCUT2D eigenvalue weighted by Crippen LogP contribution is 2.19. The maximum Gasteiger partial charge on any atom is 0.317 e. The van der Waals surface area contributed by atoms with Crippen molar-refractivity contribution < 1.29 is 4.79 Å². The van der Waals surface area contributed by atoms with E-state index >= 15 is 0 Å². The number of pyridine rings is 1. The molecule has 1 aliphatic rings. The normalized spacial score (nSPS) is 20.0. The van der Waals surface area contributed by atoms with E-state index in [2.05, 4.69) is 22.1 Å². The first kappa shape index (κ1) is 17.7. The Morgan fingerprint density at radius 1 is 1.48 bits per heavy atom. The molecule has 0 spiro atoms. The number of likely N-dealkylation sites (tertiary alicyclic amines) is 1. The molecule has 1 aliphatic heterocycles. The third-order valence-corrected chi connectivity index (χ3v) is 4.91. The van der Waals surface area contributed by atoms with Gasteiger partial charge in [-0.25, -0.2) is 4.79 Å². The molecule has 0 aliphatic carbocycles. The number of hydrogen-bond acceptors (Lipinski definition) is 3. The number of nitrogens with one attached hydrogen (secondary N) is 1. The van der Waals surface area contributed by atoms with Crippen molar-refractivity contribution in [1.29, 1.82) is 0 Å². The van der Waals surface area contributed by atoms with Gasteiger partial charge < -0.3 is 10.2 Å². The van der Waals surface area contributed by atoms with Crippen molar-refractivity contribution in [2.45, 2.75) is 51.6 Å². The predicted octanol–water partition coefficient (Wildman–Crippen LogP) is 3.05. The summed E-state index contributed by atoms with van der Waals surface area (Å²) in [6.45, 7) is 7.06. The van der Waals surface area contributed by atoms with Crippen LogP contribution in [0.4, 0.5) is 4.79 Å². The first-order valence-corrected chi connectivity index (χ1v) is 8.79. The third-order valence-electron chi connectivity index (χ3n) is 4.91. The van der Waals surface area contributed by atoms with Crippen LogP contribution in [0.15, 0.2) is 24.4 Å². The number of urea groups is 1. The van der Waals surface area contributed by atoms with E-state index in [1.807, 2.05) is 32.2 Å². The van der Waals surface area contributed by atoms with Crippen LogP contribution in [0.1, 0.15) is 51.3 Å². The lowest BCUT2D eigenvalue weighted by Gasteiger charge is -2.35. The van der Waals surface area contributed by atoms with Crippen molar-refractivity contribution in [1.82, 2.24) is 20.1 Å². The minimum atomic E-state index is -0.0341. The van der Waals surface area contributed by atoms with Crippen LogP contribution >= 0.6 is 0 Å². The highest BCUT2D eigenvalue weighted by molar-refractivity contribution is 5.74. The van der Waals surface area contributed by atoms with Crippen LogP contribution < -0.4 is 5.32 Å². The van der Waals surface area contributed by atoms with Crippen LogP contribution in [0.2, 0.25) is 0 Å². The van der Waals surface area contributed by atoms with Gasteiger partial charge in [-0.3, -0.25) is 9.88 Å². The molecule has 5 heteroatoms. The molecule has 128 valence electrons. The maximum absolute atomic E-state index is 12.3. The molecule has 5 nitrogen and oxygen atoms in total. The highest BCUT2D eigenvalue weighted by Gasteiger charge is 2.21. The van der Waals surface area contributed by atoms with E-state index in [9.17, 15) is 4.79 Å². The summed E-state index contributed by atoms with van der Waals surface area (Å²) in [6.07, 6.45) is 6.87. The number of amides is 2. The van der Waals surface area contributed by atoms with E-state index in [0.717, 1.165) is 18.8 Å². The van der Waals surface area contributed by atoms with Gasteiger partial charge in [0.15, 0.2) is 0 Å². The molecule has 2 heterocycles. The van der Waals surface area contributed by atoms with Crippen LogP contribution in [0.3, 0.4) is 0 Å². The summed E-state index contributed by atoms with van der Waals surface area (Å²) in [7, 11) is 1.82. The zero-order valence-electron chi connectivity index (χ0n) is 14.7. The summed E-state index contributed by atoms with van der Waals surface area (Å²) >= 11 is 0. The number of carbonyl (C=O) groups is 1. The van der Waals surface area contributed by atoms with E-state index in [0.29, 0.717) is 12.6 Å². The van der Waals surface area contributed by atoms with E-state index in [1.54, 1.807) is 11.1 Å². The number of nitrogens with zero attached hydrogens (tertiary/aromatic N) is 3. The van der Waals surface area contributed by atoms with Gasteiger partial charge in [-0.05, 0) is 44.9 Å². The van der Waals surface area contributed by atoms with Crippen molar-refractivity contribution in [3.63, 3.8) is 0 Å². The average molecular weight is 318 g/mol. The topological polar surface area (TPSA) is 48.5 Å². The van der Waals surface area contributed by atoms with Crippen LogP contribution in [-0.4, -0.2) is 53.5 Å². The number of rotatable bonds is 6. The van der Waals surface area contributed by atoms with Crippen LogP contribution in [-0.2, 0) is 0 Å². The number of hydrogen-bond donors (Lipinski definition) is 1. The van der Waals surface area contributed by atoms with Gasteiger partial charge in [0.1, 0.15) is 0 Å². The van der Waals surface area contributed by atoms with E-state index in [-0.39, 0.29) is 12.1 Å². The van der Waals surface area contributed by atoms with E-state index in [4.69, 9.17) is 0 Å². The molecule has 1 saturated heterocycles. The Kier molecular flexibility index (Phi) is 6.84. The van der Waals surface area contributed by atoms with Gasteiger partial charge in [-0.1, -0.05) is 19.4 Å². The first-order valence-electron chi connectivity index (χ1n) is 8.79. The summed E-state index contributed by atoms with van der Waals surface area (Å²) in [5.74, 6) is 0. The fourth-order valence-corrected chi connectivity index (χ4v) is 3.25. The van der Waals surface area contributed by atoms with Crippen LogP contribution in [0.25, 0.3) is 0 Å². The largest absolute Gasteiger partial charge is 0.337 e. The van der Waals surface area contributed by atoms with Crippen molar-refractivity contribution >= 4 is 6.03 Å². The Labute approximate surface area is 140 Å². The average Bonchev–Trinajstić information content (AvgIpc) is 2.61. The maximum atomic E-state index is 12.3. The second-order valence-electron chi connectivity index (χ2n) is 6.37. The van der Waals surface area contributed by atoms with Crippen LogP contribution in [0, 0.1) is 0 Å². The standard InChI is InChI=1S/C18H30N4O/c1-4-16-9-6-8-13-22(16)14-12-20-18(23)21(3)15(2)17-10-5-7-11-19-17/h5,7,10-11,15-16H,4,6,8-9,12-14H2,1-3H3,(H,20,23)/t15-,16+/m1/s1. The van der Waals surface area contributed by atoms with Crippen molar-refractivity contribution in [2.24, 2.45) is 0 Å². The molecule has 2 atom stereocenters. The van der Waals surface area contributed by atoms with Crippen molar-refractivity contribution in [2.75, 3.05) is 26.7 Å². The molecule has 0 unspecified atom stereocenters. The molecule has 2 amide bonds. The molecular weight excluding hydrogens is 288 g/mol. The first-order chi connectivity index (χ1) is 11.1. The Hall–Kier alpha value is -1.62. The predicted molar refractivity (Wildman–Crippen MR) is 93.3 cm³/mol. The van der Waals surface area contributed by atoms with Crippen molar-refractivity contribution in [3.8, 4) is 0 Å². The number of piperidine rings is 1. The Morgan fingerprint density at radius 2 is 2.30 bits per heavy atom. The molecule has 1 aromatic heterocycles. The molecule has 0 aromatic carbocycles. The molecule has 0 bridgehead atoms. The lowest BCUT2D eigenvalue weighted by atomic mass is 10.0. The summed E-state index contributed by atoms with van der Waals surface area (Å²) in [4.78, 5) is 20.9. The van der Waals surface area contributed by atoms with Crippen LogP contribution in [0.5, 0.6) is 0 Å². The van der Waals surface area contributed by atoms with Gasteiger partial charge in [-0.15, -0.1) is 0 Å². The molecule has 1 N–H and O–H groups in total. The number of aromatic nitrogens is 1. The fourth-order valence-electron chi connectivity index (χ4n) is 3.25. The van der Waals surface area contributed by atoms with Gasteiger partial charge >= 0.3 is 6.03 Å². The zero-order chi connectivity index (χ0) is 16.7. The fraction of sp³-hybridized carbons (Fsp3) is 0.667. The van der Waals surface area contributed by atoms with Gasteiger partial charge in [0.2, 0.25) is 0 Å².